The molecule has 0 aromatic heterocycles. The Hall–Kier alpha value is -2.24. The number of imide groups is 1. The molecule has 4 nitrogen and oxygen atoms in total. The highest BCUT2D eigenvalue weighted by molar-refractivity contribution is 8.18. The van der Waals surface area contributed by atoms with Crippen molar-refractivity contribution in [2.75, 3.05) is 11.4 Å². The van der Waals surface area contributed by atoms with Crippen molar-refractivity contribution in [2.24, 2.45) is 0 Å². The predicted octanol–water partition coefficient (Wildman–Crippen LogP) is 7.39. The van der Waals surface area contributed by atoms with E-state index in [0.29, 0.717) is 15.8 Å². The van der Waals surface area contributed by atoms with Gasteiger partial charge in [-0.2, -0.15) is 0 Å². The summed E-state index contributed by atoms with van der Waals surface area (Å²) < 4.78 is 0. The van der Waals surface area contributed by atoms with E-state index in [1.165, 1.54) is 16.2 Å². The first-order valence-electron chi connectivity index (χ1n) is 11.5. The summed E-state index contributed by atoms with van der Waals surface area (Å²) in [5, 5.41) is 0.357. The summed E-state index contributed by atoms with van der Waals surface area (Å²) in [7, 11) is 0. The van der Waals surface area contributed by atoms with Gasteiger partial charge in [-0.3, -0.25) is 14.5 Å². The van der Waals surface area contributed by atoms with Crippen LogP contribution in [0.15, 0.2) is 41.3 Å². The van der Waals surface area contributed by atoms with E-state index < -0.39 is 0 Å². The van der Waals surface area contributed by atoms with Gasteiger partial charge in [0.1, 0.15) is 0 Å². The Morgan fingerprint density at radius 1 is 1.18 bits per heavy atom. The number of carbonyl (C=O) groups is 2. The normalized spacial score (nSPS) is 21.2. The van der Waals surface area contributed by atoms with E-state index in [0.717, 1.165) is 47.8 Å². The van der Waals surface area contributed by atoms with E-state index in [2.05, 4.69) is 38.7 Å². The van der Waals surface area contributed by atoms with E-state index >= 15 is 0 Å². The largest absolute Gasteiger partial charge is 0.366 e. The molecule has 2 heterocycles. The molecule has 2 aromatic rings. The van der Waals surface area contributed by atoms with Gasteiger partial charge >= 0.3 is 0 Å². The Kier molecular flexibility index (Phi) is 6.66. The van der Waals surface area contributed by atoms with Crippen molar-refractivity contribution < 1.29 is 9.59 Å². The summed E-state index contributed by atoms with van der Waals surface area (Å²) in [6.45, 7) is 12.3. The van der Waals surface area contributed by atoms with Gasteiger partial charge in [0.2, 0.25) is 0 Å². The topological polar surface area (TPSA) is 40.6 Å². The first-order valence-corrected chi connectivity index (χ1v) is 12.7. The summed E-state index contributed by atoms with van der Waals surface area (Å²) in [5.41, 5.74) is 5.35. The summed E-state index contributed by atoms with van der Waals surface area (Å²) in [4.78, 5) is 29.8. The maximum Gasteiger partial charge on any atom is 0.293 e. The van der Waals surface area contributed by atoms with Crippen LogP contribution < -0.4 is 4.90 Å². The molecule has 4 rings (SSSR count). The van der Waals surface area contributed by atoms with Crippen molar-refractivity contribution in [3.05, 3.63) is 68.6 Å². The highest BCUT2D eigenvalue weighted by Crippen LogP contribution is 2.46. The van der Waals surface area contributed by atoms with Crippen LogP contribution in [-0.4, -0.2) is 28.1 Å². The third-order valence-corrected chi connectivity index (χ3v) is 7.81. The van der Waals surface area contributed by atoms with E-state index in [9.17, 15) is 9.59 Å². The van der Waals surface area contributed by atoms with Crippen molar-refractivity contribution >= 4 is 46.3 Å². The number of carbonyl (C=O) groups excluding carboxylic acids is 2. The molecule has 0 radical (unpaired) electrons. The summed E-state index contributed by atoms with van der Waals surface area (Å²) in [6, 6.07) is 12.0. The molecule has 2 aliphatic heterocycles. The summed E-state index contributed by atoms with van der Waals surface area (Å²) in [5.74, 6) is 0.116. The van der Waals surface area contributed by atoms with Crippen LogP contribution in [0.5, 0.6) is 0 Å². The number of benzene rings is 2. The second-order valence-corrected chi connectivity index (χ2v) is 11.2. The molecule has 1 saturated heterocycles. The zero-order chi connectivity index (χ0) is 23.9. The third-order valence-electron chi connectivity index (χ3n) is 6.57. The summed E-state index contributed by atoms with van der Waals surface area (Å²) >= 11 is 7.70. The van der Waals surface area contributed by atoms with Gasteiger partial charge in [0, 0.05) is 22.8 Å². The molecule has 1 unspecified atom stereocenters. The van der Waals surface area contributed by atoms with Gasteiger partial charge in [-0.25, -0.2) is 0 Å². The van der Waals surface area contributed by atoms with Crippen LogP contribution in [0.25, 0.3) is 6.08 Å². The van der Waals surface area contributed by atoms with Crippen LogP contribution in [0.2, 0.25) is 5.02 Å². The van der Waals surface area contributed by atoms with Crippen LogP contribution in [0, 0.1) is 6.92 Å². The zero-order valence-electron chi connectivity index (χ0n) is 19.9. The lowest BCUT2D eigenvalue weighted by Crippen LogP contribution is -2.48. The molecule has 6 heteroatoms. The van der Waals surface area contributed by atoms with Gasteiger partial charge in [0.05, 0.1) is 11.4 Å². The Morgan fingerprint density at radius 3 is 2.55 bits per heavy atom. The molecule has 174 valence electrons. The third kappa shape index (κ3) is 4.71. The molecule has 2 aliphatic rings. The lowest BCUT2D eigenvalue weighted by atomic mass is 9.79. The number of hydrogen-bond donors (Lipinski definition) is 0. The smallest absolute Gasteiger partial charge is 0.293 e. The number of halogens is 1. The molecule has 0 saturated carbocycles. The van der Waals surface area contributed by atoms with Crippen molar-refractivity contribution in [1.82, 2.24) is 4.90 Å². The van der Waals surface area contributed by atoms with Gasteiger partial charge in [0.15, 0.2) is 0 Å². The number of thioether (sulfide) groups is 1. The molecule has 0 spiro atoms. The minimum Gasteiger partial charge on any atom is -0.366 e. The van der Waals surface area contributed by atoms with Crippen LogP contribution in [0.3, 0.4) is 0 Å². The standard InChI is InChI=1S/C27H31ClN2O2S/c1-6-11-30-23-14-22(28)20(12-21(23)18(3)15-27(30,4)5)13-24-25(31)29(26(32)33-24)16-19-9-7-17(2)8-10-19/h7-10,12-14,18H,6,11,15-16H2,1-5H3/b24-13+. The highest BCUT2D eigenvalue weighted by atomic mass is 35.5. The second kappa shape index (κ2) is 9.19. The van der Waals surface area contributed by atoms with E-state index in [1.54, 1.807) is 6.08 Å². The van der Waals surface area contributed by atoms with Crippen molar-refractivity contribution in [3.8, 4) is 0 Å². The quantitative estimate of drug-likeness (QED) is 0.416. The van der Waals surface area contributed by atoms with Gasteiger partial charge in [-0.1, -0.05) is 55.3 Å². The molecule has 33 heavy (non-hydrogen) atoms. The second-order valence-electron chi connectivity index (χ2n) is 9.76. The number of fused-ring (bicyclic) bond motifs is 1. The summed E-state index contributed by atoms with van der Waals surface area (Å²) in [6.07, 6.45) is 3.89. The first-order chi connectivity index (χ1) is 15.6. The fourth-order valence-electron chi connectivity index (χ4n) is 4.93. The Bertz CT molecular complexity index is 1120. The Balaban J connectivity index is 1.64. The molecular formula is C27H31ClN2O2S. The molecule has 1 fully saturated rings. The minimum atomic E-state index is -0.263. The number of hydrogen-bond acceptors (Lipinski definition) is 4. The zero-order valence-corrected chi connectivity index (χ0v) is 21.5. The van der Waals surface area contributed by atoms with Gasteiger partial charge < -0.3 is 4.90 Å². The average Bonchev–Trinajstić information content (AvgIpc) is 3.00. The molecule has 2 aromatic carbocycles. The van der Waals surface area contributed by atoms with Gasteiger partial charge in [0.25, 0.3) is 11.1 Å². The number of aryl methyl sites for hydroxylation is 1. The number of amides is 2. The first kappa shape index (κ1) is 23.9. The molecule has 0 bridgehead atoms. The van der Waals surface area contributed by atoms with Gasteiger partial charge in [-0.05, 0) is 86.2 Å². The van der Waals surface area contributed by atoms with E-state index in [4.69, 9.17) is 11.6 Å². The lowest BCUT2D eigenvalue weighted by Gasteiger charge is -2.47. The van der Waals surface area contributed by atoms with E-state index in [1.807, 2.05) is 37.3 Å². The fraction of sp³-hybridized carbons (Fsp3) is 0.407. The maximum atomic E-state index is 13.0. The van der Waals surface area contributed by atoms with Gasteiger partial charge in [-0.15, -0.1) is 0 Å². The SMILES string of the molecule is CCCN1c2cc(Cl)c(/C=C3/SC(=O)N(Cc4ccc(C)cc4)C3=O)cc2C(C)CC1(C)C. The monoisotopic (exact) mass is 482 g/mol. The number of anilines is 1. The predicted molar refractivity (Wildman–Crippen MR) is 139 cm³/mol. The van der Waals surface area contributed by atoms with E-state index in [-0.39, 0.29) is 23.2 Å². The number of nitrogens with zero attached hydrogens (tertiary/aromatic N) is 2. The van der Waals surface area contributed by atoms with Crippen LogP contribution >= 0.6 is 23.4 Å². The van der Waals surface area contributed by atoms with Crippen LogP contribution in [0.4, 0.5) is 10.5 Å². The molecule has 0 aliphatic carbocycles. The fourth-order valence-corrected chi connectivity index (χ4v) is 5.97. The molecule has 2 amide bonds. The Morgan fingerprint density at radius 2 is 1.88 bits per heavy atom. The molecule has 1 atom stereocenters. The van der Waals surface area contributed by atoms with Crippen molar-refractivity contribution in [2.45, 2.75) is 65.5 Å². The number of rotatable bonds is 5. The Labute approximate surface area is 206 Å². The van der Waals surface area contributed by atoms with Crippen molar-refractivity contribution in [3.63, 3.8) is 0 Å². The van der Waals surface area contributed by atoms with Crippen LogP contribution in [-0.2, 0) is 11.3 Å². The van der Waals surface area contributed by atoms with Crippen molar-refractivity contribution in [1.29, 1.82) is 0 Å². The maximum absolute atomic E-state index is 13.0. The molecular weight excluding hydrogens is 452 g/mol. The highest BCUT2D eigenvalue weighted by Gasteiger charge is 2.37. The lowest BCUT2D eigenvalue weighted by molar-refractivity contribution is -0.123. The molecule has 0 N–H and O–H groups in total. The average molecular weight is 483 g/mol. The van der Waals surface area contributed by atoms with Crippen LogP contribution in [0.1, 0.15) is 68.7 Å². The minimum absolute atomic E-state index is 0.0614.